The van der Waals surface area contributed by atoms with Gasteiger partial charge >= 0.3 is 5.97 Å². The van der Waals surface area contributed by atoms with E-state index in [1.54, 1.807) is 0 Å². The van der Waals surface area contributed by atoms with Crippen LogP contribution in [0.3, 0.4) is 0 Å². The largest absolute Gasteiger partial charge is 0.458 e. The molecular formula is C8H10F2O2. The lowest BCUT2D eigenvalue weighted by atomic mass is 10.3. The lowest BCUT2D eigenvalue weighted by Gasteiger charge is -1.99. The molecule has 0 spiro atoms. The van der Waals surface area contributed by atoms with Gasteiger partial charge in [0.1, 0.15) is 6.61 Å². The number of esters is 1. The van der Waals surface area contributed by atoms with Crippen LogP contribution in [0.1, 0.15) is 6.92 Å². The molecule has 0 aliphatic rings. The molecule has 0 bridgehead atoms. The lowest BCUT2D eigenvalue weighted by Crippen LogP contribution is -2.03. The Bertz CT molecular complexity index is 197. The quantitative estimate of drug-likeness (QED) is 0.371. The molecule has 0 N–H and O–H groups in total. The van der Waals surface area contributed by atoms with Crippen molar-refractivity contribution in [1.29, 1.82) is 0 Å². The summed E-state index contributed by atoms with van der Waals surface area (Å²) in [6, 6.07) is 0. The Morgan fingerprint density at radius 1 is 1.67 bits per heavy atom. The minimum atomic E-state index is -2.61. The first-order chi connectivity index (χ1) is 5.57. The highest BCUT2D eigenvalue weighted by atomic mass is 19.3. The molecule has 0 radical (unpaired) electrons. The van der Waals surface area contributed by atoms with Crippen LogP contribution in [0.15, 0.2) is 24.3 Å². The van der Waals surface area contributed by atoms with Gasteiger partial charge in [0.15, 0.2) is 0 Å². The number of carbonyl (C=O) groups is 1. The van der Waals surface area contributed by atoms with E-state index in [0.29, 0.717) is 0 Å². The van der Waals surface area contributed by atoms with E-state index in [4.69, 9.17) is 0 Å². The van der Waals surface area contributed by atoms with Crippen LogP contribution in [0.2, 0.25) is 0 Å². The second kappa shape index (κ2) is 5.46. The summed E-state index contributed by atoms with van der Waals surface area (Å²) >= 11 is 0. The normalized spacial score (nSPS) is 11.5. The van der Waals surface area contributed by atoms with Crippen molar-refractivity contribution in [1.82, 2.24) is 0 Å². The van der Waals surface area contributed by atoms with Crippen LogP contribution in [0.5, 0.6) is 0 Å². The first-order valence-corrected chi connectivity index (χ1v) is 3.32. The average Bonchev–Trinajstić information content (AvgIpc) is 2.00. The van der Waals surface area contributed by atoms with Crippen molar-refractivity contribution in [2.45, 2.75) is 13.3 Å². The van der Waals surface area contributed by atoms with Gasteiger partial charge in [-0.3, -0.25) is 0 Å². The van der Waals surface area contributed by atoms with Gasteiger partial charge in [0, 0.05) is 6.08 Å². The van der Waals surface area contributed by atoms with Crippen LogP contribution in [-0.4, -0.2) is 19.0 Å². The van der Waals surface area contributed by atoms with Gasteiger partial charge in [0.05, 0.1) is 0 Å². The fourth-order valence-corrected chi connectivity index (χ4v) is 0.432. The van der Waals surface area contributed by atoms with Crippen molar-refractivity contribution in [2.24, 2.45) is 0 Å². The van der Waals surface area contributed by atoms with Gasteiger partial charge in [-0.05, 0) is 12.5 Å². The smallest absolute Gasteiger partial charge is 0.331 e. The fourth-order valence-electron chi connectivity index (χ4n) is 0.432. The SMILES string of the molecule is C=CCOC(=O)/C=C(\C)C(F)F. The maximum Gasteiger partial charge on any atom is 0.331 e. The molecule has 2 nitrogen and oxygen atoms in total. The number of hydrogen-bond acceptors (Lipinski definition) is 2. The molecule has 0 aromatic rings. The first-order valence-electron chi connectivity index (χ1n) is 3.32. The van der Waals surface area contributed by atoms with Crippen molar-refractivity contribution in [3.8, 4) is 0 Å². The molecule has 0 fully saturated rings. The summed E-state index contributed by atoms with van der Waals surface area (Å²) < 4.78 is 28.1. The Labute approximate surface area is 69.5 Å². The summed E-state index contributed by atoms with van der Waals surface area (Å²) in [6.45, 7) is 4.50. The monoisotopic (exact) mass is 176 g/mol. The topological polar surface area (TPSA) is 26.3 Å². The Morgan fingerprint density at radius 3 is 2.67 bits per heavy atom. The highest BCUT2D eigenvalue weighted by Crippen LogP contribution is 2.06. The highest BCUT2D eigenvalue weighted by molar-refractivity contribution is 5.82. The molecule has 0 heterocycles. The third kappa shape index (κ3) is 4.60. The molecule has 12 heavy (non-hydrogen) atoms. The second-order valence-electron chi connectivity index (χ2n) is 2.11. The van der Waals surface area contributed by atoms with E-state index in [0.717, 1.165) is 6.08 Å². The summed E-state index contributed by atoms with van der Waals surface area (Å²) in [5.41, 5.74) is -0.302. The molecule has 0 aromatic carbocycles. The maximum atomic E-state index is 11.8. The molecule has 0 amide bonds. The van der Waals surface area contributed by atoms with E-state index >= 15 is 0 Å². The van der Waals surface area contributed by atoms with Crippen molar-refractivity contribution < 1.29 is 18.3 Å². The molecule has 68 valence electrons. The number of ether oxygens (including phenoxy) is 1. The maximum absolute atomic E-state index is 11.8. The van der Waals surface area contributed by atoms with Crippen LogP contribution in [0.4, 0.5) is 8.78 Å². The minimum Gasteiger partial charge on any atom is -0.458 e. The lowest BCUT2D eigenvalue weighted by molar-refractivity contribution is -0.136. The van der Waals surface area contributed by atoms with Crippen molar-refractivity contribution in [3.05, 3.63) is 24.3 Å². The Balaban J connectivity index is 3.96. The van der Waals surface area contributed by atoms with E-state index in [-0.39, 0.29) is 12.2 Å². The Kier molecular flexibility index (Phi) is 4.92. The predicted molar refractivity (Wildman–Crippen MR) is 40.9 cm³/mol. The molecule has 0 aliphatic carbocycles. The van der Waals surface area contributed by atoms with Crippen molar-refractivity contribution in [3.63, 3.8) is 0 Å². The van der Waals surface area contributed by atoms with Crippen LogP contribution in [0.25, 0.3) is 0 Å². The average molecular weight is 176 g/mol. The minimum absolute atomic E-state index is 0.0336. The van der Waals surface area contributed by atoms with Gasteiger partial charge in [0.25, 0.3) is 6.43 Å². The van der Waals surface area contributed by atoms with E-state index in [1.165, 1.54) is 13.0 Å². The molecule has 0 aromatic heterocycles. The Morgan fingerprint density at radius 2 is 2.25 bits per heavy atom. The van der Waals surface area contributed by atoms with E-state index < -0.39 is 12.4 Å². The molecule has 0 atom stereocenters. The first kappa shape index (κ1) is 10.8. The van der Waals surface area contributed by atoms with Gasteiger partial charge in [-0.25, -0.2) is 13.6 Å². The molecule has 0 rings (SSSR count). The number of alkyl halides is 2. The Hall–Kier alpha value is -1.19. The molecule has 0 saturated heterocycles. The number of allylic oxidation sites excluding steroid dienone is 1. The molecule has 0 saturated carbocycles. The van der Waals surface area contributed by atoms with Crippen LogP contribution < -0.4 is 0 Å². The zero-order valence-corrected chi connectivity index (χ0v) is 6.72. The van der Waals surface area contributed by atoms with Gasteiger partial charge in [-0.2, -0.15) is 0 Å². The number of carbonyl (C=O) groups excluding carboxylic acids is 1. The summed E-state index contributed by atoms with van der Waals surface area (Å²) in [5, 5.41) is 0. The molecule has 4 heteroatoms. The van der Waals surface area contributed by atoms with Crippen LogP contribution >= 0.6 is 0 Å². The summed E-state index contributed by atoms with van der Waals surface area (Å²) in [5.74, 6) is -0.771. The van der Waals surface area contributed by atoms with Gasteiger partial charge in [-0.1, -0.05) is 12.7 Å². The number of rotatable bonds is 4. The van der Waals surface area contributed by atoms with E-state index in [1.807, 2.05) is 0 Å². The number of halogens is 2. The van der Waals surface area contributed by atoms with E-state index in [9.17, 15) is 13.6 Å². The third-order valence-corrected chi connectivity index (χ3v) is 1.03. The number of hydrogen-bond donors (Lipinski definition) is 0. The van der Waals surface area contributed by atoms with Crippen molar-refractivity contribution in [2.75, 3.05) is 6.61 Å². The van der Waals surface area contributed by atoms with Gasteiger partial charge in [-0.15, -0.1) is 0 Å². The zero-order valence-electron chi connectivity index (χ0n) is 6.72. The third-order valence-electron chi connectivity index (χ3n) is 1.03. The van der Waals surface area contributed by atoms with Crippen LogP contribution in [-0.2, 0) is 9.53 Å². The molecule has 0 unspecified atom stereocenters. The van der Waals surface area contributed by atoms with Gasteiger partial charge in [0.2, 0.25) is 0 Å². The molecular weight excluding hydrogens is 166 g/mol. The van der Waals surface area contributed by atoms with Crippen molar-refractivity contribution >= 4 is 5.97 Å². The van der Waals surface area contributed by atoms with Gasteiger partial charge < -0.3 is 4.74 Å². The molecule has 0 aliphatic heterocycles. The zero-order chi connectivity index (χ0) is 9.56. The second-order valence-corrected chi connectivity index (χ2v) is 2.11. The highest BCUT2D eigenvalue weighted by Gasteiger charge is 2.07. The summed E-state index contributed by atoms with van der Waals surface area (Å²) in [4.78, 5) is 10.6. The fraction of sp³-hybridized carbons (Fsp3) is 0.375. The summed E-state index contributed by atoms with van der Waals surface area (Å²) in [6.07, 6.45) is -0.473. The van der Waals surface area contributed by atoms with E-state index in [2.05, 4.69) is 11.3 Å². The standard InChI is InChI=1S/C8H10F2O2/c1-3-4-12-7(11)5-6(2)8(9)10/h3,5,8H,1,4H2,2H3/b6-5+. The predicted octanol–water partition coefficient (Wildman–Crippen LogP) is 1.93. The summed E-state index contributed by atoms with van der Waals surface area (Å²) in [7, 11) is 0. The van der Waals surface area contributed by atoms with Crippen LogP contribution in [0, 0.1) is 0 Å².